The summed E-state index contributed by atoms with van der Waals surface area (Å²) in [5.74, 6) is 0. The Hall–Kier alpha value is -1.39. The smallest absolute Gasteiger partial charge is 0.103 e. The zero-order valence-corrected chi connectivity index (χ0v) is 18.4. The van der Waals surface area contributed by atoms with Gasteiger partial charge in [0.15, 0.2) is 0 Å². The molecule has 2 heteroatoms. The van der Waals surface area contributed by atoms with Crippen LogP contribution in [0.1, 0.15) is 32.6 Å². The number of unbranched alkanes of at least 4 members (excludes halogenated alkanes) is 2. The number of rotatable bonds is 10. The second-order valence-electron chi connectivity index (χ2n) is 7.54. The van der Waals surface area contributed by atoms with E-state index < -0.39 is 16.9 Å². The van der Waals surface area contributed by atoms with E-state index in [1.54, 1.807) is 10.4 Å². The summed E-state index contributed by atoms with van der Waals surface area (Å²) >= 11 is 0. The Kier molecular flexibility index (Phi) is 7.92. The predicted octanol–water partition coefficient (Wildman–Crippen LogP) is 5.41. The van der Waals surface area contributed by atoms with Gasteiger partial charge >= 0.3 is 0 Å². The molecule has 0 aromatic heterocycles. The summed E-state index contributed by atoms with van der Waals surface area (Å²) < 4.78 is 0. The van der Waals surface area contributed by atoms with Gasteiger partial charge in [-0.2, -0.15) is 0 Å². The van der Waals surface area contributed by atoms with Gasteiger partial charge in [-0.3, -0.25) is 0 Å². The normalized spacial score (nSPS) is 13.0. The van der Waals surface area contributed by atoms with E-state index >= 15 is 0 Å². The fourth-order valence-corrected chi connectivity index (χ4v) is 16.2. The summed E-state index contributed by atoms with van der Waals surface area (Å²) in [6, 6.07) is 24.0. The first-order valence-electron chi connectivity index (χ1n) is 9.88. The van der Waals surface area contributed by atoms with Gasteiger partial charge in [-0.25, -0.2) is 0 Å². The molecule has 0 aliphatic heterocycles. The van der Waals surface area contributed by atoms with Crippen molar-refractivity contribution in [2.45, 2.75) is 56.9 Å². The van der Waals surface area contributed by atoms with Gasteiger partial charge in [0.2, 0.25) is 0 Å². The Balaban J connectivity index is 2.61. The number of hydrogen-bond donors (Lipinski definition) is 0. The Bertz CT molecular complexity index is 580. The summed E-state index contributed by atoms with van der Waals surface area (Å²) in [7, 11) is -2.66. The van der Waals surface area contributed by atoms with Crippen molar-refractivity contribution in [1.82, 2.24) is 0 Å². The molecule has 0 aliphatic carbocycles. The molecule has 0 saturated heterocycles. The van der Waals surface area contributed by atoms with Gasteiger partial charge in [-0.1, -0.05) is 123 Å². The fraction of sp³-hybridized carbons (Fsp3) is 0.391. The third kappa shape index (κ3) is 4.62. The van der Waals surface area contributed by atoms with Crippen molar-refractivity contribution in [3.05, 3.63) is 73.3 Å². The van der Waals surface area contributed by atoms with E-state index in [-0.39, 0.29) is 0 Å². The van der Waals surface area contributed by atoms with Gasteiger partial charge in [0, 0.05) is 8.80 Å². The van der Waals surface area contributed by atoms with Gasteiger partial charge in [-0.05, 0) is 11.2 Å². The molecule has 0 heterocycles. The molecule has 0 nitrogen and oxygen atoms in total. The monoisotopic (exact) mass is 366 g/mol. The molecule has 0 saturated carbocycles. The topological polar surface area (TPSA) is 0 Å². The summed E-state index contributed by atoms with van der Waals surface area (Å²) in [6.07, 6.45) is 7.63. The Morgan fingerprint density at radius 3 is 1.84 bits per heavy atom. The molecule has 0 amide bonds. The predicted molar refractivity (Wildman–Crippen MR) is 120 cm³/mol. The minimum Gasteiger partial charge on any atom is -0.103 e. The average Bonchev–Trinajstić information content (AvgIpc) is 2.65. The van der Waals surface area contributed by atoms with Crippen molar-refractivity contribution in [2.24, 2.45) is 0 Å². The molecule has 0 N–H and O–H groups in total. The Labute approximate surface area is 157 Å². The molecular weight excluding hydrogens is 332 g/mol. The third-order valence-corrected chi connectivity index (χ3v) is 16.5. The van der Waals surface area contributed by atoms with Crippen molar-refractivity contribution in [1.29, 1.82) is 0 Å². The number of hydrogen-bond acceptors (Lipinski definition) is 0. The van der Waals surface area contributed by atoms with Crippen LogP contribution in [0.4, 0.5) is 0 Å². The molecule has 0 spiro atoms. The average molecular weight is 367 g/mol. The molecule has 2 aromatic carbocycles. The van der Waals surface area contributed by atoms with Crippen molar-refractivity contribution < 1.29 is 0 Å². The maximum absolute atomic E-state index is 4.18. The van der Waals surface area contributed by atoms with Crippen LogP contribution in [0.25, 0.3) is 0 Å². The van der Waals surface area contributed by atoms with Crippen LogP contribution in [0, 0.1) is 0 Å². The second kappa shape index (κ2) is 9.93. The van der Waals surface area contributed by atoms with Crippen molar-refractivity contribution in [3.63, 3.8) is 0 Å². The van der Waals surface area contributed by atoms with E-state index in [0.717, 1.165) is 11.2 Å². The van der Waals surface area contributed by atoms with Crippen LogP contribution in [0.5, 0.6) is 0 Å². The second-order valence-corrected chi connectivity index (χ2v) is 15.7. The van der Waals surface area contributed by atoms with Crippen LogP contribution in [0.2, 0.25) is 24.3 Å². The molecule has 0 aliphatic rings. The van der Waals surface area contributed by atoms with Crippen molar-refractivity contribution >= 4 is 27.2 Å². The lowest BCUT2D eigenvalue weighted by Crippen LogP contribution is -2.63. The minimum atomic E-state index is -1.85. The van der Waals surface area contributed by atoms with Gasteiger partial charge < -0.3 is 0 Å². The minimum absolute atomic E-state index is 0.810. The van der Waals surface area contributed by atoms with E-state index in [2.05, 4.69) is 93.3 Å². The van der Waals surface area contributed by atoms with E-state index in [4.69, 9.17) is 0 Å². The maximum Gasteiger partial charge on any atom is 0.121 e. The molecule has 2 aromatic rings. The third-order valence-electron chi connectivity index (χ3n) is 5.60. The highest BCUT2D eigenvalue weighted by atomic mass is 28.4. The molecule has 0 radical (unpaired) electrons. The lowest BCUT2D eigenvalue weighted by molar-refractivity contribution is 0.680. The highest BCUT2D eigenvalue weighted by Crippen LogP contribution is 2.34. The first-order valence-corrected chi connectivity index (χ1v) is 15.1. The highest BCUT2D eigenvalue weighted by Gasteiger charge is 2.44. The summed E-state index contributed by atoms with van der Waals surface area (Å²) in [5, 5.41) is 4.08. The van der Waals surface area contributed by atoms with Crippen molar-refractivity contribution in [2.75, 3.05) is 0 Å². The van der Waals surface area contributed by atoms with Gasteiger partial charge in [-0.15, -0.1) is 6.58 Å². The van der Waals surface area contributed by atoms with Crippen LogP contribution >= 0.6 is 0 Å². The number of allylic oxidation sites excluding steroid dienone is 1. The zero-order valence-electron chi connectivity index (χ0n) is 16.2. The standard InChI is InChI=1S/C23H34Si2/c1-5-7-10-19-23(24(3)4)25(20-6-2,21-15-11-8-12-16-21)22-17-13-9-14-18-22/h6,8-9,11-18,23-24H,2,5,7,10,19-20H2,1,3-4H3. The highest BCUT2D eigenvalue weighted by molar-refractivity contribution is 7.09. The molecule has 0 fully saturated rings. The maximum atomic E-state index is 4.18. The van der Waals surface area contributed by atoms with E-state index in [1.807, 2.05) is 0 Å². The largest absolute Gasteiger partial charge is 0.121 e. The first-order chi connectivity index (χ1) is 12.2. The van der Waals surface area contributed by atoms with Crippen LogP contribution < -0.4 is 10.4 Å². The van der Waals surface area contributed by atoms with Gasteiger partial charge in [0.25, 0.3) is 0 Å². The van der Waals surface area contributed by atoms with E-state index in [9.17, 15) is 0 Å². The molecule has 1 atom stereocenters. The SMILES string of the molecule is C=CC[Si](c1ccccc1)(c1ccccc1)C(CCCCC)[SiH](C)C. The molecular formula is C23H34Si2. The molecule has 1 unspecified atom stereocenters. The number of benzene rings is 2. The van der Waals surface area contributed by atoms with Crippen LogP contribution in [0.15, 0.2) is 73.3 Å². The van der Waals surface area contributed by atoms with Crippen LogP contribution in [-0.2, 0) is 0 Å². The summed E-state index contributed by atoms with van der Waals surface area (Å²) in [5.41, 5.74) is 0. The lowest BCUT2D eigenvalue weighted by atomic mass is 10.2. The van der Waals surface area contributed by atoms with E-state index in [0.29, 0.717) is 0 Å². The lowest BCUT2D eigenvalue weighted by Gasteiger charge is -2.42. The molecule has 0 bridgehead atoms. The van der Waals surface area contributed by atoms with E-state index in [1.165, 1.54) is 25.7 Å². The van der Waals surface area contributed by atoms with Gasteiger partial charge in [0.05, 0.1) is 0 Å². The Morgan fingerprint density at radius 2 is 1.44 bits per heavy atom. The summed E-state index contributed by atoms with van der Waals surface area (Å²) in [4.78, 5) is 0. The van der Waals surface area contributed by atoms with Crippen molar-refractivity contribution in [3.8, 4) is 0 Å². The zero-order chi connectivity index (χ0) is 18.1. The quantitative estimate of drug-likeness (QED) is 0.299. The Morgan fingerprint density at radius 1 is 0.920 bits per heavy atom. The molecule has 2 rings (SSSR count). The molecule has 134 valence electrons. The van der Waals surface area contributed by atoms with Gasteiger partial charge in [0.1, 0.15) is 8.07 Å². The first kappa shape index (κ1) is 19.9. The summed E-state index contributed by atoms with van der Waals surface area (Å²) in [6.45, 7) is 11.6. The van der Waals surface area contributed by atoms with Crippen LogP contribution in [-0.4, -0.2) is 16.9 Å². The fourth-order valence-electron chi connectivity index (χ4n) is 4.44. The van der Waals surface area contributed by atoms with Crippen LogP contribution in [0.3, 0.4) is 0 Å². The molecule has 25 heavy (non-hydrogen) atoms.